The fourth-order valence-electron chi connectivity index (χ4n) is 2.82. The predicted molar refractivity (Wildman–Crippen MR) is 91.6 cm³/mol. The minimum Gasteiger partial charge on any atom is -0.506 e. The van der Waals surface area contributed by atoms with Crippen molar-refractivity contribution in [2.24, 2.45) is 10.9 Å². The summed E-state index contributed by atoms with van der Waals surface area (Å²) in [4.78, 5) is 4.24. The number of nitrogens with one attached hydrogen (secondary N) is 2. The van der Waals surface area contributed by atoms with Crippen molar-refractivity contribution in [2.75, 3.05) is 18.5 Å². The van der Waals surface area contributed by atoms with E-state index < -0.39 is 11.9 Å². The van der Waals surface area contributed by atoms with Gasteiger partial charge in [0, 0.05) is 12.1 Å². The van der Waals surface area contributed by atoms with Gasteiger partial charge < -0.3 is 26.0 Å². The van der Waals surface area contributed by atoms with Gasteiger partial charge in [0.15, 0.2) is 5.96 Å². The minimum absolute atomic E-state index is 0.00299. The van der Waals surface area contributed by atoms with Gasteiger partial charge in [-0.25, -0.2) is 4.39 Å². The molecular weight excluding hydrogens is 313 g/mol. The maximum Gasteiger partial charge on any atom is 0.196 e. The molecule has 0 bridgehead atoms. The lowest BCUT2D eigenvalue weighted by atomic mass is 9.86. The summed E-state index contributed by atoms with van der Waals surface area (Å²) in [5.41, 5.74) is 0.197. The monoisotopic (exact) mass is 339 g/mol. The average Bonchev–Trinajstić information content (AvgIpc) is 2.57. The first kappa shape index (κ1) is 18.5. The highest BCUT2D eigenvalue weighted by Gasteiger charge is 2.22. The molecule has 1 aliphatic rings. The van der Waals surface area contributed by atoms with Gasteiger partial charge in [-0.3, -0.25) is 4.99 Å². The molecule has 3 unspecified atom stereocenters. The molecule has 24 heavy (non-hydrogen) atoms. The van der Waals surface area contributed by atoms with Crippen LogP contribution in [-0.4, -0.2) is 46.6 Å². The largest absolute Gasteiger partial charge is 0.506 e. The number of halogens is 1. The first-order valence-electron chi connectivity index (χ1n) is 8.35. The molecule has 2 rings (SSSR count). The molecule has 1 aromatic carbocycles. The van der Waals surface area contributed by atoms with Crippen LogP contribution in [0.3, 0.4) is 0 Å². The molecule has 7 heteroatoms. The molecule has 0 heterocycles. The van der Waals surface area contributed by atoms with Crippen LogP contribution < -0.4 is 10.6 Å². The summed E-state index contributed by atoms with van der Waals surface area (Å²) in [6.07, 6.45) is 3.48. The SMILES string of the molecule is CC1CCCCC1NC(=NCC(O)CO)Nc1cc(F)ccc1O. The van der Waals surface area contributed by atoms with E-state index in [2.05, 4.69) is 22.5 Å². The Labute approximate surface area is 141 Å². The van der Waals surface area contributed by atoms with E-state index in [1.165, 1.54) is 24.6 Å². The summed E-state index contributed by atoms with van der Waals surface area (Å²) in [5.74, 6) is 0.248. The summed E-state index contributed by atoms with van der Waals surface area (Å²) in [5, 5.41) is 34.5. The van der Waals surface area contributed by atoms with Crippen molar-refractivity contribution in [1.29, 1.82) is 0 Å². The predicted octanol–water partition coefficient (Wildman–Crippen LogP) is 1.82. The molecule has 1 aliphatic carbocycles. The van der Waals surface area contributed by atoms with Crippen molar-refractivity contribution in [3.8, 4) is 5.75 Å². The molecule has 1 fully saturated rings. The van der Waals surface area contributed by atoms with Gasteiger partial charge in [0.25, 0.3) is 0 Å². The van der Waals surface area contributed by atoms with Gasteiger partial charge in [-0.1, -0.05) is 19.8 Å². The number of phenolic OH excluding ortho intramolecular Hbond substituents is 1. The van der Waals surface area contributed by atoms with Crippen LogP contribution in [0.1, 0.15) is 32.6 Å². The first-order chi connectivity index (χ1) is 11.5. The zero-order valence-corrected chi connectivity index (χ0v) is 13.9. The summed E-state index contributed by atoms with van der Waals surface area (Å²) in [6, 6.07) is 3.83. The van der Waals surface area contributed by atoms with Crippen molar-refractivity contribution >= 4 is 11.6 Å². The average molecular weight is 339 g/mol. The standard InChI is InChI=1S/C17H26FN3O3/c1-11-4-2-3-5-14(11)20-17(19-9-13(23)10-22)21-15-8-12(18)6-7-16(15)24/h6-8,11,13-14,22-24H,2-5,9-10H2,1H3,(H2,19,20,21). The normalized spacial score (nSPS) is 22.9. The number of phenols is 1. The smallest absolute Gasteiger partial charge is 0.196 e. The number of nitrogens with zero attached hydrogens (tertiary/aromatic N) is 1. The van der Waals surface area contributed by atoms with Gasteiger partial charge in [-0.15, -0.1) is 0 Å². The van der Waals surface area contributed by atoms with Gasteiger partial charge in [0.05, 0.1) is 24.9 Å². The molecule has 1 aromatic rings. The second kappa shape index (κ2) is 8.84. The van der Waals surface area contributed by atoms with Crippen molar-refractivity contribution in [3.63, 3.8) is 0 Å². The van der Waals surface area contributed by atoms with Gasteiger partial charge >= 0.3 is 0 Å². The fourth-order valence-corrected chi connectivity index (χ4v) is 2.82. The number of anilines is 1. The number of guanidine groups is 1. The summed E-state index contributed by atoms with van der Waals surface area (Å²) in [7, 11) is 0. The fraction of sp³-hybridized carbons (Fsp3) is 0.588. The van der Waals surface area contributed by atoms with Crippen molar-refractivity contribution in [1.82, 2.24) is 5.32 Å². The molecule has 0 radical (unpaired) electrons. The second-order valence-corrected chi connectivity index (χ2v) is 6.32. The highest BCUT2D eigenvalue weighted by Crippen LogP contribution is 2.25. The Bertz CT molecular complexity index is 568. The van der Waals surface area contributed by atoms with Crippen LogP contribution in [-0.2, 0) is 0 Å². The van der Waals surface area contributed by atoms with E-state index in [0.717, 1.165) is 19.3 Å². The van der Waals surface area contributed by atoms with Crippen molar-refractivity contribution < 1.29 is 19.7 Å². The molecule has 134 valence electrons. The molecule has 3 atom stereocenters. The van der Waals surface area contributed by atoms with E-state index in [1.54, 1.807) is 0 Å². The maximum atomic E-state index is 13.4. The van der Waals surface area contributed by atoms with Crippen LogP contribution in [0.5, 0.6) is 5.75 Å². The minimum atomic E-state index is -0.964. The molecule has 0 aliphatic heterocycles. The molecule has 5 N–H and O–H groups in total. The Morgan fingerprint density at radius 3 is 2.83 bits per heavy atom. The third-order valence-corrected chi connectivity index (χ3v) is 4.32. The molecular formula is C17H26FN3O3. The van der Waals surface area contributed by atoms with Crippen LogP contribution in [0.15, 0.2) is 23.2 Å². The third kappa shape index (κ3) is 5.35. The molecule has 0 saturated heterocycles. The molecule has 6 nitrogen and oxygen atoms in total. The van der Waals surface area contributed by atoms with Crippen LogP contribution in [0.2, 0.25) is 0 Å². The number of hydrogen-bond donors (Lipinski definition) is 5. The Balaban J connectivity index is 2.14. The quantitative estimate of drug-likeness (QED) is 0.320. The maximum absolute atomic E-state index is 13.4. The lowest BCUT2D eigenvalue weighted by Crippen LogP contribution is -2.44. The zero-order chi connectivity index (χ0) is 17.5. The lowest BCUT2D eigenvalue weighted by Gasteiger charge is -2.31. The lowest BCUT2D eigenvalue weighted by molar-refractivity contribution is 0.102. The Kier molecular flexibility index (Phi) is 6.81. The zero-order valence-electron chi connectivity index (χ0n) is 13.9. The van der Waals surface area contributed by atoms with Crippen molar-refractivity contribution in [2.45, 2.75) is 44.8 Å². The Morgan fingerprint density at radius 1 is 1.38 bits per heavy atom. The number of aromatic hydroxyl groups is 1. The van der Waals surface area contributed by atoms with Gasteiger partial charge in [0.1, 0.15) is 11.6 Å². The van der Waals surface area contributed by atoms with Gasteiger partial charge in [0.2, 0.25) is 0 Å². The van der Waals surface area contributed by atoms with E-state index in [0.29, 0.717) is 11.9 Å². The molecule has 0 aromatic heterocycles. The van der Waals surface area contributed by atoms with E-state index in [-0.39, 0.29) is 30.6 Å². The molecule has 0 spiro atoms. The highest BCUT2D eigenvalue weighted by atomic mass is 19.1. The highest BCUT2D eigenvalue weighted by molar-refractivity contribution is 5.95. The number of hydrogen-bond acceptors (Lipinski definition) is 4. The third-order valence-electron chi connectivity index (χ3n) is 4.32. The Hall–Kier alpha value is -1.86. The van der Waals surface area contributed by atoms with E-state index >= 15 is 0 Å². The number of aliphatic hydroxyl groups is 2. The number of benzene rings is 1. The van der Waals surface area contributed by atoms with Crippen LogP contribution in [0, 0.1) is 11.7 Å². The summed E-state index contributed by atoms with van der Waals surface area (Å²) < 4.78 is 13.4. The number of aliphatic imine (C=N–C) groups is 1. The van der Waals surface area contributed by atoms with Crippen LogP contribution >= 0.6 is 0 Å². The van der Waals surface area contributed by atoms with Crippen LogP contribution in [0.25, 0.3) is 0 Å². The van der Waals surface area contributed by atoms with Crippen LogP contribution in [0.4, 0.5) is 10.1 Å². The molecule has 0 amide bonds. The molecule has 1 saturated carbocycles. The van der Waals surface area contributed by atoms with Crippen molar-refractivity contribution in [3.05, 3.63) is 24.0 Å². The second-order valence-electron chi connectivity index (χ2n) is 6.32. The topological polar surface area (TPSA) is 97.1 Å². The first-order valence-corrected chi connectivity index (χ1v) is 8.35. The van der Waals surface area contributed by atoms with Gasteiger partial charge in [-0.05, 0) is 30.9 Å². The van der Waals surface area contributed by atoms with E-state index in [1.807, 2.05) is 0 Å². The van der Waals surface area contributed by atoms with Gasteiger partial charge in [-0.2, -0.15) is 0 Å². The summed E-state index contributed by atoms with van der Waals surface area (Å²) >= 11 is 0. The summed E-state index contributed by atoms with van der Waals surface area (Å²) in [6.45, 7) is 1.78. The Morgan fingerprint density at radius 2 is 2.12 bits per heavy atom. The number of rotatable bonds is 5. The number of aliphatic hydroxyl groups excluding tert-OH is 2. The van der Waals surface area contributed by atoms with E-state index in [9.17, 15) is 14.6 Å². The van der Waals surface area contributed by atoms with E-state index in [4.69, 9.17) is 5.11 Å².